The summed E-state index contributed by atoms with van der Waals surface area (Å²) < 4.78 is 7.29. The molecule has 0 saturated carbocycles. The summed E-state index contributed by atoms with van der Waals surface area (Å²) in [4.78, 5) is 16.4. The molecule has 0 radical (unpaired) electrons. The van der Waals surface area contributed by atoms with E-state index in [1.807, 2.05) is 41.7 Å². The van der Waals surface area contributed by atoms with E-state index in [4.69, 9.17) is 4.74 Å². The molecule has 3 aromatic rings. The molecule has 5 heteroatoms. The number of rotatable bonds is 4. The van der Waals surface area contributed by atoms with Gasteiger partial charge >= 0.3 is 0 Å². The average molecular weight is 394 g/mol. The maximum atomic E-state index is 13.3. The second-order valence-corrected chi connectivity index (χ2v) is 9.06. The molecule has 1 N–H and O–H groups in total. The lowest BCUT2D eigenvalue weighted by molar-refractivity contribution is -0.924. The molecule has 1 saturated heterocycles. The van der Waals surface area contributed by atoms with Crippen molar-refractivity contribution >= 4 is 11.3 Å². The van der Waals surface area contributed by atoms with Crippen molar-refractivity contribution in [1.82, 2.24) is 4.57 Å². The Morgan fingerprint density at radius 1 is 1.14 bits per heavy atom. The lowest BCUT2D eigenvalue weighted by Gasteiger charge is -2.40. The van der Waals surface area contributed by atoms with Gasteiger partial charge in [-0.1, -0.05) is 18.2 Å². The molecule has 4 nitrogen and oxygen atoms in total. The summed E-state index contributed by atoms with van der Waals surface area (Å²) >= 11 is 1.85. The molecule has 1 fully saturated rings. The van der Waals surface area contributed by atoms with Crippen molar-refractivity contribution in [3.8, 4) is 16.9 Å². The predicted molar refractivity (Wildman–Crippen MR) is 112 cm³/mol. The summed E-state index contributed by atoms with van der Waals surface area (Å²) in [6.07, 6.45) is 1.22. The SMILES string of the molecule is COc1ccc(-c2ccc3n(c2=O)C[C@H]2C[C@@H]3C[NH+](Cc3cccs3)C2)cc1. The Morgan fingerprint density at radius 3 is 2.75 bits per heavy atom. The number of aromatic nitrogens is 1. The molecule has 0 spiro atoms. The predicted octanol–water partition coefficient (Wildman–Crippen LogP) is 2.79. The molecule has 2 aliphatic heterocycles. The van der Waals surface area contributed by atoms with Crippen LogP contribution in [0.5, 0.6) is 5.75 Å². The van der Waals surface area contributed by atoms with Gasteiger partial charge in [-0.25, -0.2) is 0 Å². The number of nitrogens with zero attached hydrogens (tertiary/aromatic N) is 1. The van der Waals surface area contributed by atoms with E-state index in [1.54, 1.807) is 12.0 Å². The minimum absolute atomic E-state index is 0.152. The topological polar surface area (TPSA) is 35.7 Å². The largest absolute Gasteiger partial charge is 0.497 e. The number of likely N-dealkylation sites (tertiary alicyclic amines) is 1. The van der Waals surface area contributed by atoms with E-state index >= 15 is 0 Å². The van der Waals surface area contributed by atoms with Gasteiger partial charge in [0, 0.05) is 29.6 Å². The Bertz CT molecular complexity index is 1020. The van der Waals surface area contributed by atoms with E-state index in [1.165, 1.54) is 17.0 Å². The number of piperidine rings is 1. The van der Waals surface area contributed by atoms with Gasteiger partial charge < -0.3 is 14.2 Å². The monoisotopic (exact) mass is 393 g/mol. The van der Waals surface area contributed by atoms with Crippen molar-refractivity contribution in [3.63, 3.8) is 0 Å². The fraction of sp³-hybridized carbons (Fsp3) is 0.348. The van der Waals surface area contributed by atoms with Gasteiger partial charge in [0.2, 0.25) is 0 Å². The average Bonchev–Trinajstić information content (AvgIpc) is 3.22. The van der Waals surface area contributed by atoms with Gasteiger partial charge in [-0.15, -0.1) is 11.3 Å². The molecular weight excluding hydrogens is 368 g/mol. The molecule has 2 aliphatic rings. The van der Waals surface area contributed by atoms with Crippen LogP contribution in [0, 0.1) is 5.92 Å². The zero-order valence-electron chi connectivity index (χ0n) is 16.1. The Hall–Kier alpha value is -2.37. The fourth-order valence-corrected chi connectivity index (χ4v) is 5.74. The van der Waals surface area contributed by atoms with E-state index in [2.05, 4.69) is 28.1 Å². The third-order valence-corrected chi connectivity index (χ3v) is 7.08. The molecule has 28 heavy (non-hydrogen) atoms. The van der Waals surface area contributed by atoms with E-state index in [-0.39, 0.29) is 5.56 Å². The van der Waals surface area contributed by atoms with Crippen LogP contribution in [0.25, 0.3) is 11.1 Å². The van der Waals surface area contributed by atoms with Gasteiger partial charge in [0.25, 0.3) is 5.56 Å². The standard InChI is InChI=1S/C23H24N2O2S/c1-27-19-6-4-17(5-7-19)21-8-9-22-18-11-16(13-25(22)23(21)26)12-24(14-18)15-20-3-2-10-28-20/h2-10,16,18H,11-15H2,1H3/p+1/t16-,18+/m0/s1. The number of methoxy groups -OCH3 is 1. The molecule has 4 heterocycles. The van der Waals surface area contributed by atoms with E-state index in [9.17, 15) is 4.79 Å². The first-order valence-corrected chi connectivity index (χ1v) is 10.8. The maximum absolute atomic E-state index is 13.3. The number of thiophene rings is 1. The Morgan fingerprint density at radius 2 is 2.00 bits per heavy atom. The van der Waals surface area contributed by atoms with Crippen molar-refractivity contribution in [2.45, 2.75) is 25.4 Å². The first kappa shape index (κ1) is 17.7. The van der Waals surface area contributed by atoms with Crippen molar-refractivity contribution in [2.75, 3.05) is 20.2 Å². The zero-order chi connectivity index (χ0) is 19.1. The highest BCUT2D eigenvalue weighted by Gasteiger charge is 2.37. The first-order valence-electron chi connectivity index (χ1n) is 9.95. The van der Waals surface area contributed by atoms with E-state index in [0.717, 1.165) is 43.1 Å². The van der Waals surface area contributed by atoms with Crippen LogP contribution < -0.4 is 15.2 Å². The highest BCUT2D eigenvalue weighted by Crippen LogP contribution is 2.32. The summed E-state index contributed by atoms with van der Waals surface area (Å²) in [7, 11) is 1.66. The quantitative estimate of drug-likeness (QED) is 0.740. The van der Waals surface area contributed by atoms with E-state index in [0.29, 0.717) is 11.8 Å². The first-order chi connectivity index (χ1) is 13.7. The lowest BCUT2D eigenvalue weighted by atomic mass is 9.82. The third kappa shape index (κ3) is 3.19. The van der Waals surface area contributed by atoms with Crippen molar-refractivity contribution in [3.05, 3.63) is 74.8 Å². The fourth-order valence-electron chi connectivity index (χ4n) is 4.96. The van der Waals surface area contributed by atoms with Crippen LogP contribution in [-0.2, 0) is 13.1 Å². The van der Waals surface area contributed by atoms with Gasteiger partial charge in [0.05, 0.1) is 25.1 Å². The minimum atomic E-state index is 0.152. The smallest absolute Gasteiger partial charge is 0.258 e. The number of hydrogen-bond donors (Lipinski definition) is 1. The van der Waals surface area contributed by atoms with Gasteiger partial charge in [-0.05, 0) is 47.7 Å². The lowest BCUT2D eigenvalue weighted by Crippen LogP contribution is -3.13. The van der Waals surface area contributed by atoms with Crippen LogP contribution in [0.4, 0.5) is 0 Å². The van der Waals surface area contributed by atoms with Crippen LogP contribution in [0.1, 0.15) is 22.9 Å². The normalized spacial score (nSPS) is 23.2. The maximum Gasteiger partial charge on any atom is 0.258 e. The molecule has 1 aromatic carbocycles. The molecule has 2 bridgehead atoms. The highest BCUT2D eigenvalue weighted by molar-refractivity contribution is 7.09. The third-order valence-electron chi connectivity index (χ3n) is 6.20. The Balaban J connectivity index is 1.44. The number of benzene rings is 1. The van der Waals surface area contributed by atoms with Gasteiger partial charge in [-0.2, -0.15) is 0 Å². The van der Waals surface area contributed by atoms with Crippen molar-refractivity contribution in [1.29, 1.82) is 0 Å². The second kappa shape index (κ2) is 7.22. The summed E-state index contributed by atoms with van der Waals surface area (Å²) in [5.74, 6) is 1.88. The number of ether oxygens (including phenoxy) is 1. The van der Waals surface area contributed by atoms with Crippen LogP contribution in [0.3, 0.4) is 0 Å². The second-order valence-electron chi connectivity index (χ2n) is 8.03. The summed E-state index contributed by atoms with van der Waals surface area (Å²) in [6.45, 7) is 4.24. The molecule has 1 unspecified atom stereocenters. The molecule has 0 amide bonds. The van der Waals surface area contributed by atoms with Gasteiger partial charge in [0.15, 0.2) is 0 Å². The van der Waals surface area contributed by atoms with Crippen LogP contribution >= 0.6 is 11.3 Å². The zero-order valence-corrected chi connectivity index (χ0v) is 16.9. The number of pyridine rings is 1. The highest BCUT2D eigenvalue weighted by atomic mass is 32.1. The minimum Gasteiger partial charge on any atom is -0.497 e. The summed E-state index contributed by atoms with van der Waals surface area (Å²) in [5.41, 5.74) is 3.12. The van der Waals surface area contributed by atoms with Crippen LogP contribution in [0.15, 0.2) is 58.7 Å². The molecule has 2 aromatic heterocycles. The summed E-state index contributed by atoms with van der Waals surface area (Å²) in [6, 6.07) is 16.4. The number of hydrogen-bond acceptors (Lipinski definition) is 3. The number of nitrogens with one attached hydrogen (secondary N) is 1. The van der Waals surface area contributed by atoms with Gasteiger partial charge in [0.1, 0.15) is 12.3 Å². The van der Waals surface area contributed by atoms with Crippen LogP contribution in [-0.4, -0.2) is 24.8 Å². The molecule has 5 rings (SSSR count). The van der Waals surface area contributed by atoms with Crippen molar-refractivity contribution < 1.29 is 9.64 Å². The van der Waals surface area contributed by atoms with E-state index < -0.39 is 0 Å². The molecule has 144 valence electrons. The van der Waals surface area contributed by atoms with Crippen molar-refractivity contribution in [2.24, 2.45) is 5.92 Å². The summed E-state index contributed by atoms with van der Waals surface area (Å²) in [5, 5.41) is 2.16. The molecule has 0 aliphatic carbocycles. The Labute approximate surface area is 169 Å². The molecule has 3 atom stereocenters. The molecular formula is C23H25N2O2S+. The van der Waals surface area contributed by atoms with Crippen LogP contribution in [0.2, 0.25) is 0 Å². The number of quaternary nitrogens is 1. The van der Waals surface area contributed by atoms with Gasteiger partial charge in [-0.3, -0.25) is 4.79 Å². The number of fused-ring (bicyclic) bond motifs is 4. The Kier molecular flexibility index (Phi) is 4.57.